The van der Waals surface area contributed by atoms with Gasteiger partial charge in [0.05, 0.1) is 18.3 Å². The Morgan fingerprint density at radius 1 is 1.00 bits per heavy atom. The Labute approximate surface area is 121 Å². The molecule has 20 heavy (non-hydrogen) atoms. The van der Waals surface area contributed by atoms with Crippen LogP contribution in [0.4, 0.5) is 0 Å². The smallest absolute Gasteiger partial charge is 0.200 e. The highest BCUT2D eigenvalue weighted by Gasteiger charge is 2.62. The van der Waals surface area contributed by atoms with Gasteiger partial charge >= 0.3 is 0 Å². The van der Waals surface area contributed by atoms with E-state index in [1.165, 1.54) is 19.3 Å². The van der Waals surface area contributed by atoms with Gasteiger partial charge in [-0.3, -0.25) is 0 Å². The molecule has 1 spiro atoms. The Kier molecular flexibility index (Phi) is 4.37. The fraction of sp³-hybridized carbons (Fsp3) is 1.00. The molecule has 0 amide bonds. The largest absolute Gasteiger partial charge is 0.390 e. The average Bonchev–Trinajstić information content (AvgIpc) is 2.74. The minimum atomic E-state index is -0.907. The van der Waals surface area contributed by atoms with Gasteiger partial charge in [0.25, 0.3) is 0 Å². The molecular formula is C16H28O4. The number of rotatable bonds is 5. The quantitative estimate of drug-likeness (QED) is 0.761. The molecule has 2 N–H and O–H groups in total. The van der Waals surface area contributed by atoms with E-state index < -0.39 is 18.0 Å². The van der Waals surface area contributed by atoms with Crippen molar-refractivity contribution in [3.63, 3.8) is 0 Å². The predicted octanol–water partition coefficient (Wildman–Crippen LogP) is 2.36. The molecule has 2 heterocycles. The highest BCUT2D eigenvalue weighted by molar-refractivity contribution is 5.04. The minimum Gasteiger partial charge on any atom is -0.390 e. The van der Waals surface area contributed by atoms with Gasteiger partial charge in [-0.25, -0.2) is 0 Å². The molecule has 3 rings (SSSR count). The van der Waals surface area contributed by atoms with Crippen LogP contribution in [0.1, 0.15) is 64.7 Å². The Morgan fingerprint density at radius 3 is 2.60 bits per heavy atom. The molecular weight excluding hydrogens is 256 g/mol. The van der Waals surface area contributed by atoms with Crippen molar-refractivity contribution < 1.29 is 19.7 Å². The summed E-state index contributed by atoms with van der Waals surface area (Å²) in [7, 11) is 0. The van der Waals surface area contributed by atoms with Crippen LogP contribution in [0, 0.1) is 5.92 Å². The van der Waals surface area contributed by atoms with Gasteiger partial charge in [0, 0.05) is 5.92 Å². The van der Waals surface area contributed by atoms with Crippen molar-refractivity contribution in [2.45, 2.75) is 94.9 Å². The Morgan fingerprint density at radius 2 is 1.80 bits per heavy atom. The van der Waals surface area contributed by atoms with E-state index >= 15 is 0 Å². The van der Waals surface area contributed by atoms with E-state index in [-0.39, 0.29) is 18.1 Å². The molecule has 3 aliphatic rings. The van der Waals surface area contributed by atoms with E-state index in [0.29, 0.717) is 6.42 Å². The van der Waals surface area contributed by atoms with Crippen molar-refractivity contribution in [1.29, 1.82) is 0 Å². The summed E-state index contributed by atoms with van der Waals surface area (Å²) in [5.74, 6) is -0.659. The van der Waals surface area contributed by atoms with Crippen LogP contribution in [0.25, 0.3) is 0 Å². The van der Waals surface area contributed by atoms with Crippen LogP contribution in [0.2, 0.25) is 0 Å². The molecule has 0 unspecified atom stereocenters. The molecule has 2 bridgehead atoms. The predicted molar refractivity (Wildman–Crippen MR) is 75.2 cm³/mol. The van der Waals surface area contributed by atoms with Crippen LogP contribution in [0.15, 0.2) is 0 Å². The molecule has 116 valence electrons. The van der Waals surface area contributed by atoms with Crippen LogP contribution in [-0.4, -0.2) is 40.4 Å². The van der Waals surface area contributed by atoms with Crippen molar-refractivity contribution in [3.8, 4) is 0 Å². The first-order valence-electron chi connectivity index (χ1n) is 8.39. The summed E-state index contributed by atoms with van der Waals surface area (Å²) < 4.78 is 12.3. The van der Waals surface area contributed by atoms with Gasteiger partial charge in [-0.05, 0) is 32.1 Å². The van der Waals surface area contributed by atoms with E-state index in [4.69, 9.17) is 9.47 Å². The second-order valence-corrected chi connectivity index (χ2v) is 6.75. The molecule has 4 nitrogen and oxygen atoms in total. The van der Waals surface area contributed by atoms with Gasteiger partial charge in [0.2, 0.25) is 5.79 Å². The van der Waals surface area contributed by atoms with E-state index in [9.17, 15) is 10.2 Å². The summed E-state index contributed by atoms with van der Waals surface area (Å²) in [6.07, 6.45) is 8.21. The third kappa shape index (κ3) is 2.41. The first kappa shape index (κ1) is 14.8. The van der Waals surface area contributed by atoms with Crippen LogP contribution in [-0.2, 0) is 9.47 Å². The molecule has 6 atom stereocenters. The summed E-state index contributed by atoms with van der Waals surface area (Å²) in [4.78, 5) is 0. The fourth-order valence-corrected chi connectivity index (χ4v) is 4.20. The standard InChI is InChI=1S/C16H28O4/c1-2-3-4-5-6-13-14-10-8-11-7-9-12(17)15(18)16(11,19-13)20-14/h11-15,17-18H,2-10H2,1H3/t11-,12+,13-,14+,15-,16+/m0/s1. The zero-order valence-corrected chi connectivity index (χ0v) is 12.5. The van der Waals surface area contributed by atoms with Crippen molar-refractivity contribution in [2.24, 2.45) is 5.92 Å². The van der Waals surface area contributed by atoms with Gasteiger partial charge < -0.3 is 19.7 Å². The lowest BCUT2D eigenvalue weighted by molar-refractivity contribution is -0.308. The number of hydrogen-bond donors (Lipinski definition) is 2. The van der Waals surface area contributed by atoms with Gasteiger partial charge in [0.15, 0.2) is 0 Å². The molecule has 3 fully saturated rings. The lowest BCUT2D eigenvalue weighted by Crippen LogP contribution is -2.59. The van der Waals surface area contributed by atoms with Crippen LogP contribution < -0.4 is 0 Å². The molecule has 1 saturated carbocycles. The summed E-state index contributed by atoms with van der Waals surface area (Å²) in [6, 6.07) is 0. The SMILES string of the molecule is CCCCCC[C@@H]1O[C@@]23O[C@@H]1CC[C@@H]2CC[C@@H](O)[C@@H]3O. The second-order valence-electron chi connectivity index (χ2n) is 6.75. The van der Waals surface area contributed by atoms with E-state index in [1.54, 1.807) is 0 Å². The van der Waals surface area contributed by atoms with Gasteiger partial charge in [0.1, 0.15) is 6.10 Å². The maximum atomic E-state index is 10.4. The van der Waals surface area contributed by atoms with E-state index in [2.05, 4.69) is 6.92 Å². The summed E-state index contributed by atoms with van der Waals surface area (Å²) in [5, 5.41) is 20.3. The van der Waals surface area contributed by atoms with Crippen LogP contribution in [0.5, 0.6) is 0 Å². The number of aliphatic hydroxyl groups is 2. The topological polar surface area (TPSA) is 58.9 Å². The van der Waals surface area contributed by atoms with Crippen LogP contribution >= 0.6 is 0 Å². The molecule has 1 aliphatic carbocycles. The number of unbranched alkanes of at least 4 members (excludes halogenated alkanes) is 3. The number of aliphatic hydroxyl groups excluding tert-OH is 2. The van der Waals surface area contributed by atoms with Crippen molar-refractivity contribution >= 4 is 0 Å². The number of ether oxygens (including phenoxy) is 2. The summed E-state index contributed by atoms with van der Waals surface area (Å²) >= 11 is 0. The van der Waals surface area contributed by atoms with Crippen molar-refractivity contribution in [2.75, 3.05) is 0 Å². The summed E-state index contributed by atoms with van der Waals surface area (Å²) in [6.45, 7) is 2.21. The molecule has 0 radical (unpaired) electrons. The second kappa shape index (κ2) is 5.91. The van der Waals surface area contributed by atoms with E-state index in [0.717, 1.165) is 32.1 Å². The normalized spacial score (nSPS) is 47.2. The third-order valence-electron chi connectivity index (χ3n) is 5.38. The Hall–Kier alpha value is -0.160. The Bertz CT molecular complexity index is 330. The first-order chi connectivity index (χ1) is 9.67. The monoisotopic (exact) mass is 284 g/mol. The van der Waals surface area contributed by atoms with Gasteiger partial charge in [-0.1, -0.05) is 32.6 Å². The van der Waals surface area contributed by atoms with E-state index in [1.807, 2.05) is 0 Å². The lowest BCUT2D eigenvalue weighted by Gasteiger charge is -2.47. The lowest BCUT2D eigenvalue weighted by atomic mass is 9.76. The van der Waals surface area contributed by atoms with Gasteiger partial charge in [-0.15, -0.1) is 0 Å². The Balaban J connectivity index is 1.64. The highest BCUT2D eigenvalue weighted by atomic mass is 16.8. The number of fused-ring (bicyclic) bond motifs is 1. The maximum absolute atomic E-state index is 10.4. The average molecular weight is 284 g/mol. The molecule has 4 heteroatoms. The molecule has 0 aromatic carbocycles. The minimum absolute atomic E-state index is 0.108. The number of hydrogen-bond acceptors (Lipinski definition) is 4. The first-order valence-corrected chi connectivity index (χ1v) is 8.39. The zero-order valence-electron chi connectivity index (χ0n) is 12.5. The van der Waals surface area contributed by atoms with Gasteiger partial charge in [-0.2, -0.15) is 0 Å². The third-order valence-corrected chi connectivity index (χ3v) is 5.38. The van der Waals surface area contributed by atoms with Crippen molar-refractivity contribution in [3.05, 3.63) is 0 Å². The molecule has 2 saturated heterocycles. The summed E-state index contributed by atoms with van der Waals surface area (Å²) in [5.41, 5.74) is 0. The molecule has 0 aromatic heterocycles. The van der Waals surface area contributed by atoms with Crippen LogP contribution in [0.3, 0.4) is 0 Å². The zero-order chi connectivity index (χ0) is 14.2. The molecule has 2 aliphatic heterocycles. The maximum Gasteiger partial charge on any atom is 0.200 e. The highest BCUT2D eigenvalue weighted by Crippen LogP contribution is 2.51. The fourth-order valence-electron chi connectivity index (χ4n) is 4.20. The van der Waals surface area contributed by atoms with Crippen molar-refractivity contribution in [1.82, 2.24) is 0 Å². The molecule has 0 aromatic rings.